The normalized spacial score (nSPS) is 17.3. The van der Waals surface area contributed by atoms with E-state index in [1.807, 2.05) is 59.0 Å². The second kappa shape index (κ2) is 8.97. The molecule has 0 spiro atoms. The van der Waals surface area contributed by atoms with Gasteiger partial charge in [0.05, 0.1) is 17.1 Å². The van der Waals surface area contributed by atoms with Gasteiger partial charge in [-0.15, -0.1) is 0 Å². The topological polar surface area (TPSA) is 89.9 Å². The highest BCUT2D eigenvalue weighted by Gasteiger charge is 2.40. The number of aryl methyl sites for hydroxylation is 4. The van der Waals surface area contributed by atoms with Crippen molar-refractivity contribution >= 4 is 17.5 Å². The number of fused-ring (bicyclic) bond motifs is 1. The molecule has 0 unspecified atom stereocenters. The molecule has 0 fully saturated rings. The van der Waals surface area contributed by atoms with Crippen molar-refractivity contribution in [1.29, 1.82) is 0 Å². The van der Waals surface area contributed by atoms with Gasteiger partial charge < -0.3 is 4.90 Å². The Labute approximate surface area is 228 Å². The van der Waals surface area contributed by atoms with Crippen LogP contribution in [-0.4, -0.2) is 52.3 Å². The summed E-state index contributed by atoms with van der Waals surface area (Å²) in [6.45, 7) is 12.3. The van der Waals surface area contributed by atoms with Crippen LogP contribution in [0.2, 0.25) is 0 Å². The number of amidine groups is 1. The average Bonchev–Trinajstić information content (AvgIpc) is 3.51. The van der Waals surface area contributed by atoms with Crippen LogP contribution in [0.15, 0.2) is 71.0 Å². The van der Waals surface area contributed by atoms with E-state index in [1.165, 1.54) is 5.56 Å². The molecule has 2 aliphatic rings. The van der Waals surface area contributed by atoms with E-state index in [4.69, 9.17) is 19.9 Å². The highest BCUT2D eigenvalue weighted by atomic mass is 15.4. The van der Waals surface area contributed by atoms with Crippen LogP contribution >= 0.6 is 0 Å². The van der Waals surface area contributed by atoms with Crippen molar-refractivity contribution in [2.45, 2.75) is 41.5 Å². The summed E-state index contributed by atoms with van der Waals surface area (Å²) >= 11 is 0. The molecule has 0 N–H and O–H groups in total. The molecule has 9 nitrogen and oxygen atoms in total. The third-order valence-electron chi connectivity index (χ3n) is 7.15. The molecule has 0 saturated carbocycles. The Bertz CT molecular complexity index is 1660. The van der Waals surface area contributed by atoms with E-state index in [-0.39, 0.29) is 5.41 Å². The maximum absolute atomic E-state index is 5.06. The first-order valence-corrected chi connectivity index (χ1v) is 13.0. The standard InChI is InChI=1S/C30H31N9/c1-18-13-20(3)38(35-18)28-32-26(33-29(34-28)39-21(4)14-19(2)36-39)16-25-30(5,6)24-15-23(17-37(7)27(24)31-25)22-11-9-8-10-12-22/h8-17H,1-7H3/b25-16-. The lowest BCUT2D eigenvalue weighted by Gasteiger charge is -2.28. The molecule has 196 valence electrons. The summed E-state index contributed by atoms with van der Waals surface area (Å²) in [4.78, 5) is 21.5. The number of nitrogens with zero attached hydrogens (tertiary/aromatic N) is 9. The maximum Gasteiger partial charge on any atom is 0.256 e. The summed E-state index contributed by atoms with van der Waals surface area (Å²) < 4.78 is 3.48. The predicted octanol–water partition coefficient (Wildman–Crippen LogP) is 5.17. The molecule has 9 heteroatoms. The Kier molecular flexibility index (Phi) is 5.67. The van der Waals surface area contributed by atoms with E-state index >= 15 is 0 Å². The van der Waals surface area contributed by atoms with Crippen molar-refractivity contribution in [3.05, 3.63) is 100 Å². The molecule has 6 rings (SSSR count). The second-order valence-corrected chi connectivity index (χ2v) is 10.7. The summed E-state index contributed by atoms with van der Waals surface area (Å²) in [5.74, 6) is 2.31. The number of aromatic nitrogens is 7. The number of rotatable bonds is 4. The molecular formula is C30H31N9. The molecule has 4 aromatic rings. The summed E-state index contributed by atoms with van der Waals surface area (Å²) in [5, 5.41) is 9.23. The molecule has 0 radical (unpaired) electrons. The monoisotopic (exact) mass is 517 g/mol. The molecule has 3 aromatic heterocycles. The fourth-order valence-electron chi connectivity index (χ4n) is 5.12. The van der Waals surface area contributed by atoms with Gasteiger partial charge in [-0.2, -0.15) is 25.1 Å². The molecule has 0 saturated heterocycles. The highest BCUT2D eigenvalue weighted by molar-refractivity contribution is 6.08. The third kappa shape index (κ3) is 4.29. The van der Waals surface area contributed by atoms with Gasteiger partial charge in [0.25, 0.3) is 11.9 Å². The number of hydrogen-bond donors (Lipinski definition) is 0. The summed E-state index contributed by atoms with van der Waals surface area (Å²) in [6.07, 6.45) is 6.32. The van der Waals surface area contributed by atoms with E-state index < -0.39 is 0 Å². The van der Waals surface area contributed by atoms with Crippen LogP contribution in [0.5, 0.6) is 0 Å². The molecule has 0 amide bonds. The van der Waals surface area contributed by atoms with Crippen molar-refractivity contribution in [2.24, 2.45) is 10.4 Å². The SMILES string of the molecule is Cc1cc(C)n(-c2nc(/C=C3\N=C4C(=CC(c5ccccc5)=CN4C)C3(C)C)nc(-n3nc(C)cc3C)n2)n1. The van der Waals surface area contributed by atoms with Crippen LogP contribution in [0.4, 0.5) is 0 Å². The van der Waals surface area contributed by atoms with Crippen LogP contribution in [0.1, 0.15) is 48.0 Å². The number of aliphatic imine (C=N–C) groups is 1. The zero-order valence-corrected chi connectivity index (χ0v) is 23.3. The Morgan fingerprint density at radius 1 is 0.795 bits per heavy atom. The zero-order valence-electron chi connectivity index (χ0n) is 23.3. The quantitative estimate of drug-likeness (QED) is 0.371. The van der Waals surface area contributed by atoms with Gasteiger partial charge in [-0.25, -0.2) is 14.4 Å². The largest absolute Gasteiger partial charge is 0.335 e. The lowest BCUT2D eigenvalue weighted by Crippen LogP contribution is -2.28. The number of hydrogen-bond acceptors (Lipinski definition) is 7. The minimum atomic E-state index is -0.360. The van der Waals surface area contributed by atoms with Gasteiger partial charge in [0, 0.05) is 41.7 Å². The van der Waals surface area contributed by atoms with E-state index in [0.717, 1.165) is 45.5 Å². The van der Waals surface area contributed by atoms with Gasteiger partial charge in [-0.1, -0.05) is 44.2 Å². The van der Waals surface area contributed by atoms with Crippen molar-refractivity contribution in [2.75, 3.05) is 7.05 Å². The lowest BCUT2D eigenvalue weighted by atomic mass is 9.80. The van der Waals surface area contributed by atoms with Crippen molar-refractivity contribution in [3.8, 4) is 11.9 Å². The van der Waals surface area contributed by atoms with E-state index in [0.29, 0.717) is 17.7 Å². The molecule has 0 aliphatic carbocycles. The highest BCUT2D eigenvalue weighted by Crippen LogP contribution is 2.46. The van der Waals surface area contributed by atoms with Crippen LogP contribution in [0.3, 0.4) is 0 Å². The molecule has 0 atom stereocenters. The van der Waals surface area contributed by atoms with Gasteiger partial charge in [0.15, 0.2) is 5.82 Å². The van der Waals surface area contributed by atoms with Gasteiger partial charge >= 0.3 is 0 Å². The maximum atomic E-state index is 5.06. The molecule has 39 heavy (non-hydrogen) atoms. The van der Waals surface area contributed by atoms with Crippen LogP contribution in [0, 0.1) is 33.1 Å². The lowest BCUT2D eigenvalue weighted by molar-refractivity contribution is 0.566. The zero-order chi connectivity index (χ0) is 27.5. The van der Waals surface area contributed by atoms with Gasteiger partial charge in [-0.05, 0) is 57.0 Å². The Morgan fingerprint density at radius 2 is 1.38 bits per heavy atom. The fourth-order valence-corrected chi connectivity index (χ4v) is 5.12. The molecule has 2 aliphatic heterocycles. The molecular weight excluding hydrogens is 486 g/mol. The van der Waals surface area contributed by atoms with E-state index in [1.54, 1.807) is 9.36 Å². The number of likely N-dealkylation sites (N-methyl/N-ethyl adjacent to an activating group) is 1. The second-order valence-electron chi connectivity index (χ2n) is 10.7. The number of benzene rings is 1. The summed E-state index contributed by atoms with van der Waals surface area (Å²) in [7, 11) is 2.04. The number of allylic oxidation sites excluding steroid dienone is 3. The van der Waals surface area contributed by atoms with Crippen molar-refractivity contribution < 1.29 is 0 Å². The van der Waals surface area contributed by atoms with Crippen LogP contribution in [0.25, 0.3) is 23.5 Å². The van der Waals surface area contributed by atoms with Gasteiger partial charge in [-0.3, -0.25) is 0 Å². The smallest absolute Gasteiger partial charge is 0.256 e. The minimum absolute atomic E-state index is 0.360. The third-order valence-corrected chi connectivity index (χ3v) is 7.15. The van der Waals surface area contributed by atoms with E-state index in [2.05, 4.69) is 65.5 Å². The average molecular weight is 518 g/mol. The first kappa shape index (κ1) is 24.7. The molecule has 5 heterocycles. The molecule has 0 bridgehead atoms. The predicted molar refractivity (Wildman–Crippen MR) is 152 cm³/mol. The fraction of sp³-hybridized carbons (Fsp3) is 0.267. The van der Waals surface area contributed by atoms with Crippen molar-refractivity contribution in [1.82, 2.24) is 39.4 Å². The van der Waals surface area contributed by atoms with Gasteiger partial charge in [0.2, 0.25) is 0 Å². The Hall–Kier alpha value is -4.66. The summed E-state index contributed by atoms with van der Waals surface area (Å²) in [6, 6.07) is 14.4. The van der Waals surface area contributed by atoms with Gasteiger partial charge in [0.1, 0.15) is 5.84 Å². The van der Waals surface area contributed by atoms with Crippen molar-refractivity contribution in [3.63, 3.8) is 0 Å². The minimum Gasteiger partial charge on any atom is -0.335 e. The summed E-state index contributed by atoms with van der Waals surface area (Å²) in [5.41, 5.74) is 7.67. The van der Waals surface area contributed by atoms with Crippen LogP contribution in [-0.2, 0) is 0 Å². The Morgan fingerprint density at radius 3 is 1.92 bits per heavy atom. The van der Waals surface area contributed by atoms with E-state index in [9.17, 15) is 0 Å². The first-order valence-electron chi connectivity index (χ1n) is 13.0. The molecule has 1 aromatic carbocycles. The van der Waals surface area contributed by atoms with Crippen LogP contribution < -0.4 is 0 Å². The first-order chi connectivity index (χ1) is 18.6. The Balaban J connectivity index is 1.48.